The zero-order chi connectivity index (χ0) is 11.3. The van der Waals surface area contributed by atoms with Crippen LogP contribution in [0.2, 0.25) is 0 Å². The van der Waals surface area contributed by atoms with Gasteiger partial charge in [0.1, 0.15) is 5.69 Å². The summed E-state index contributed by atoms with van der Waals surface area (Å²) < 4.78 is 1.92. The van der Waals surface area contributed by atoms with Crippen LogP contribution < -0.4 is 23.0 Å². The molecule has 0 saturated carbocycles. The highest BCUT2D eigenvalue weighted by Gasteiger charge is 1.97. The second-order valence-electron chi connectivity index (χ2n) is 3.50. The average Bonchev–Trinajstić information content (AvgIpc) is 2.16. The molecule has 16 heavy (non-hydrogen) atoms. The lowest BCUT2D eigenvalue weighted by molar-refractivity contribution is -0.459. The number of nitrogens with one attached hydrogen (secondary N) is 2. The maximum atomic E-state index is 10.8. The molecular formula is C11H16ClN3O. The Morgan fingerprint density at radius 3 is 2.12 bits per heavy atom. The summed E-state index contributed by atoms with van der Waals surface area (Å²) in [7, 11) is 3.89. The Hall–Kier alpha value is -1.55. The predicted molar refractivity (Wildman–Crippen MR) is 62.5 cm³/mol. The Bertz CT molecular complexity index is 369. The number of carbonyl (C=O) groups is 1. The van der Waals surface area contributed by atoms with Gasteiger partial charge >= 0.3 is 0 Å². The van der Waals surface area contributed by atoms with Crippen LogP contribution in [0, 0.1) is 0 Å². The molecule has 1 aromatic rings. The summed E-state index contributed by atoms with van der Waals surface area (Å²) in [4.78, 5) is 10.8. The van der Waals surface area contributed by atoms with Gasteiger partial charge in [-0.1, -0.05) is 0 Å². The number of anilines is 2. The van der Waals surface area contributed by atoms with Gasteiger partial charge in [0.15, 0.2) is 0 Å². The lowest BCUT2D eigenvalue weighted by Gasteiger charge is -2.01. The van der Waals surface area contributed by atoms with Crippen molar-refractivity contribution in [2.45, 2.75) is 6.92 Å². The van der Waals surface area contributed by atoms with Crippen molar-refractivity contribution in [2.24, 2.45) is 0 Å². The van der Waals surface area contributed by atoms with Gasteiger partial charge in [0.05, 0.1) is 14.1 Å². The number of hydrogen-bond donors (Lipinski definition) is 2. The minimum Gasteiger partial charge on any atom is -1.00 e. The zero-order valence-corrected chi connectivity index (χ0v) is 10.4. The summed E-state index contributed by atoms with van der Waals surface area (Å²) >= 11 is 0. The largest absolute Gasteiger partial charge is 1.00 e. The first-order valence-electron chi connectivity index (χ1n) is 4.72. The minimum absolute atomic E-state index is 0. The van der Waals surface area contributed by atoms with Gasteiger partial charge in [-0.25, -0.2) is 5.32 Å². The Labute approximate surface area is 102 Å². The van der Waals surface area contributed by atoms with Crippen LogP contribution in [0.15, 0.2) is 24.3 Å². The Morgan fingerprint density at radius 2 is 1.69 bits per heavy atom. The molecule has 0 saturated heterocycles. The standard InChI is InChI=1S/C11H15N3O.ClH/c1-9(15)13-11-6-4-10(5-7-11)12-8-14(2)3;/h4-8H,1-3H3,(H,13,15);1H. The van der Waals surface area contributed by atoms with Crippen LogP contribution in [0.4, 0.5) is 11.4 Å². The van der Waals surface area contributed by atoms with E-state index in [4.69, 9.17) is 0 Å². The number of amides is 1. The first-order valence-corrected chi connectivity index (χ1v) is 4.72. The summed E-state index contributed by atoms with van der Waals surface area (Å²) in [6.07, 6.45) is 1.85. The first kappa shape index (κ1) is 14.5. The summed E-state index contributed by atoms with van der Waals surface area (Å²) in [6.45, 7) is 1.49. The van der Waals surface area contributed by atoms with Gasteiger partial charge in [-0.2, -0.15) is 0 Å². The molecule has 0 atom stereocenters. The smallest absolute Gasteiger partial charge is 0.236 e. The van der Waals surface area contributed by atoms with E-state index in [0.29, 0.717) is 0 Å². The second kappa shape index (κ2) is 6.85. The number of hydrogen-bond acceptors (Lipinski definition) is 1. The number of halogens is 1. The third kappa shape index (κ3) is 5.36. The summed E-state index contributed by atoms with van der Waals surface area (Å²) in [5.74, 6) is -0.0597. The van der Waals surface area contributed by atoms with Crippen molar-refractivity contribution in [3.05, 3.63) is 24.3 Å². The average molecular weight is 242 g/mol. The normalized spacial score (nSPS) is 8.69. The van der Waals surface area contributed by atoms with Crippen LogP contribution in [0.5, 0.6) is 0 Å². The fraction of sp³-hybridized carbons (Fsp3) is 0.273. The highest BCUT2D eigenvalue weighted by Crippen LogP contribution is 2.12. The fourth-order valence-corrected chi connectivity index (χ4v) is 1.06. The molecule has 0 unspecified atom stereocenters. The van der Waals surface area contributed by atoms with Gasteiger partial charge in [0.2, 0.25) is 12.2 Å². The number of nitrogens with zero attached hydrogens (tertiary/aromatic N) is 1. The SMILES string of the molecule is CC(=O)Nc1ccc(NC=[N+](C)C)cc1.[Cl-]. The Morgan fingerprint density at radius 1 is 1.19 bits per heavy atom. The van der Waals surface area contributed by atoms with Crippen LogP contribution in [-0.2, 0) is 4.79 Å². The lowest BCUT2D eigenvalue weighted by Crippen LogP contribution is -3.00. The quantitative estimate of drug-likeness (QED) is 0.379. The van der Waals surface area contributed by atoms with E-state index in [-0.39, 0.29) is 18.3 Å². The van der Waals surface area contributed by atoms with Crippen LogP contribution in [0.3, 0.4) is 0 Å². The van der Waals surface area contributed by atoms with Crippen molar-refractivity contribution < 1.29 is 21.8 Å². The molecule has 0 aromatic heterocycles. The maximum absolute atomic E-state index is 10.8. The second-order valence-corrected chi connectivity index (χ2v) is 3.50. The van der Waals surface area contributed by atoms with Crippen molar-refractivity contribution in [3.63, 3.8) is 0 Å². The van der Waals surface area contributed by atoms with Crippen LogP contribution in [0.25, 0.3) is 0 Å². The molecule has 0 aliphatic rings. The van der Waals surface area contributed by atoms with E-state index in [0.717, 1.165) is 11.4 Å². The molecule has 0 radical (unpaired) electrons. The molecule has 4 nitrogen and oxygen atoms in total. The van der Waals surface area contributed by atoms with Crippen LogP contribution in [-0.4, -0.2) is 30.9 Å². The highest BCUT2D eigenvalue weighted by molar-refractivity contribution is 5.89. The van der Waals surface area contributed by atoms with E-state index in [2.05, 4.69) is 10.6 Å². The summed E-state index contributed by atoms with van der Waals surface area (Å²) in [5, 5.41) is 5.82. The van der Waals surface area contributed by atoms with Gasteiger partial charge in [-0.05, 0) is 24.3 Å². The van der Waals surface area contributed by atoms with Crippen LogP contribution in [0.1, 0.15) is 6.92 Å². The van der Waals surface area contributed by atoms with Gasteiger partial charge < -0.3 is 17.7 Å². The van der Waals surface area contributed by atoms with Crippen molar-refractivity contribution in [1.82, 2.24) is 0 Å². The lowest BCUT2D eigenvalue weighted by atomic mass is 10.3. The maximum Gasteiger partial charge on any atom is 0.236 e. The van der Waals surface area contributed by atoms with Crippen molar-refractivity contribution >= 4 is 23.6 Å². The fourth-order valence-electron chi connectivity index (χ4n) is 1.06. The zero-order valence-electron chi connectivity index (χ0n) is 9.62. The van der Waals surface area contributed by atoms with E-state index >= 15 is 0 Å². The van der Waals surface area contributed by atoms with Gasteiger partial charge in [-0.15, -0.1) is 0 Å². The molecule has 2 N–H and O–H groups in total. The Balaban J connectivity index is 0.00000225. The van der Waals surface area contributed by atoms with Crippen LogP contribution >= 0.6 is 0 Å². The van der Waals surface area contributed by atoms with E-state index in [1.165, 1.54) is 6.92 Å². The topological polar surface area (TPSA) is 44.1 Å². The molecule has 1 amide bonds. The van der Waals surface area contributed by atoms with Gasteiger partial charge in [0, 0.05) is 12.6 Å². The third-order valence-electron chi connectivity index (χ3n) is 1.69. The molecular weight excluding hydrogens is 226 g/mol. The van der Waals surface area contributed by atoms with Crippen molar-refractivity contribution in [2.75, 3.05) is 24.7 Å². The van der Waals surface area contributed by atoms with E-state index in [9.17, 15) is 4.79 Å². The summed E-state index contributed by atoms with van der Waals surface area (Å²) in [6, 6.07) is 7.52. The summed E-state index contributed by atoms with van der Waals surface area (Å²) in [5.41, 5.74) is 1.79. The molecule has 0 fully saturated rings. The number of benzene rings is 1. The first-order chi connectivity index (χ1) is 7.08. The molecule has 0 bridgehead atoms. The number of carbonyl (C=O) groups excluding carboxylic acids is 1. The monoisotopic (exact) mass is 241 g/mol. The minimum atomic E-state index is -0.0597. The highest BCUT2D eigenvalue weighted by atomic mass is 35.5. The van der Waals surface area contributed by atoms with E-state index in [1.807, 2.05) is 49.3 Å². The molecule has 0 heterocycles. The van der Waals surface area contributed by atoms with Crippen molar-refractivity contribution in [3.8, 4) is 0 Å². The molecule has 1 aromatic carbocycles. The molecule has 88 valence electrons. The van der Waals surface area contributed by atoms with E-state index < -0.39 is 0 Å². The third-order valence-corrected chi connectivity index (χ3v) is 1.69. The molecule has 1 rings (SSSR count). The Kier molecular flexibility index (Phi) is 6.18. The predicted octanol–water partition coefficient (Wildman–Crippen LogP) is -1.64. The molecule has 0 spiro atoms. The molecule has 5 heteroatoms. The molecule has 0 aliphatic heterocycles. The molecule has 0 aliphatic carbocycles. The van der Waals surface area contributed by atoms with Gasteiger partial charge in [0.25, 0.3) is 0 Å². The van der Waals surface area contributed by atoms with E-state index in [1.54, 1.807) is 0 Å². The number of rotatable bonds is 3. The van der Waals surface area contributed by atoms with Gasteiger partial charge in [-0.3, -0.25) is 9.37 Å². The van der Waals surface area contributed by atoms with Crippen molar-refractivity contribution in [1.29, 1.82) is 0 Å².